The summed E-state index contributed by atoms with van der Waals surface area (Å²) in [4.78, 5) is 6.27. The minimum Gasteiger partial charge on any atom is -0.409 e. The van der Waals surface area contributed by atoms with Crippen LogP contribution in [0.4, 0.5) is 0 Å². The Labute approximate surface area is 101 Å². The largest absolute Gasteiger partial charge is 0.409 e. The van der Waals surface area contributed by atoms with Crippen LogP contribution in [-0.2, 0) is 6.42 Å². The number of amidine groups is 1. The zero-order chi connectivity index (χ0) is 12.1. The van der Waals surface area contributed by atoms with Crippen LogP contribution in [0.15, 0.2) is 29.7 Å². The molecule has 0 radical (unpaired) electrons. The number of oxime groups is 1. The highest BCUT2D eigenvalue weighted by atomic mass is 16.4. The number of aromatic nitrogens is 1. The summed E-state index contributed by atoms with van der Waals surface area (Å²) in [6.07, 6.45) is 6.67. The summed E-state index contributed by atoms with van der Waals surface area (Å²) < 4.78 is 0. The SMILES string of the molecule is NC(=NO)C1CCCN1CCc1ccncc1. The van der Waals surface area contributed by atoms with Crippen molar-refractivity contribution in [2.75, 3.05) is 13.1 Å². The first kappa shape index (κ1) is 11.9. The highest BCUT2D eigenvalue weighted by molar-refractivity contribution is 5.85. The van der Waals surface area contributed by atoms with Gasteiger partial charge in [-0.2, -0.15) is 0 Å². The van der Waals surface area contributed by atoms with E-state index in [0.717, 1.165) is 32.4 Å². The van der Waals surface area contributed by atoms with E-state index in [2.05, 4.69) is 15.0 Å². The van der Waals surface area contributed by atoms with Gasteiger partial charge in [0.1, 0.15) is 0 Å². The molecule has 0 aliphatic carbocycles. The van der Waals surface area contributed by atoms with E-state index in [1.165, 1.54) is 5.56 Å². The number of hydrogen-bond acceptors (Lipinski definition) is 4. The van der Waals surface area contributed by atoms with Crippen LogP contribution in [-0.4, -0.2) is 40.1 Å². The Hall–Kier alpha value is -1.62. The molecule has 3 N–H and O–H groups in total. The van der Waals surface area contributed by atoms with Gasteiger partial charge in [-0.15, -0.1) is 0 Å². The molecule has 0 aromatic carbocycles. The molecule has 5 heteroatoms. The lowest BCUT2D eigenvalue weighted by molar-refractivity contribution is 0.282. The zero-order valence-corrected chi connectivity index (χ0v) is 9.79. The van der Waals surface area contributed by atoms with Crippen LogP contribution in [0, 0.1) is 0 Å². The topological polar surface area (TPSA) is 74.7 Å². The maximum absolute atomic E-state index is 8.73. The van der Waals surface area contributed by atoms with Crippen LogP contribution >= 0.6 is 0 Å². The lowest BCUT2D eigenvalue weighted by atomic mass is 10.1. The number of pyridine rings is 1. The van der Waals surface area contributed by atoms with Crippen LogP contribution in [0.5, 0.6) is 0 Å². The lowest BCUT2D eigenvalue weighted by Gasteiger charge is -2.23. The van der Waals surface area contributed by atoms with Gasteiger partial charge in [-0.3, -0.25) is 9.88 Å². The molecule has 17 heavy (non-hydrogen) atoms. The first-order valence-electron chi connectivity index (χ1n) is 5.91. The van der Waals surface area contributed by atoms with Crippen molar-refractivity contribution in [3.05, 3.63) is 30.1 Å². The number of nitrogens with two attached hydrogens (primary N) is 1. The van der Waals surface area contributed by atoms with E-state index in [-0.39, 0.29) is 6.04 Å². The summed E-state index contributed by atoms with van der Waals surface area (Å²) in [5, 5.41) is 11.8. The van der Waals surface area contributed by atoms with Crippen molar-refractivity contribution in [2.45, 2.75) is 25.3 Å². The highest BCUT2D eigenvalue weighted by Gasteiger charge is 2.27. The van der Waals surface area contributed by atoms with E-state index in [9.17, 15) is 0 Å². The van der Waals surface area contributed by atoms with Gasteiger partial charge in [-0.05, 0) is 43.5 Å². The Morgan fingerprint density at radius 2 is 2.29 bits per heavy atom. The second-order valence-corrected chi connectivity index (χ2v) is 4.32. The maximum atomic E-state index is 8.73. The van der Waals surface area contributed by atoms with Gasteiger partial charge in [0.05, 0.1) is 6.04 Å². The second-order valence-electron chi connectivity index (χ2n) is 4.32. The molecule has 2 rings (SSSR count). The van der Waals surface area contributed by atoms with E-state index in [4.69, 9.17) is 10.9 Å². The predicted molar refractivity (Wildman–Crippen MR) is 65.9 cm³/mol. The van der Waals surface area contributed by atoms with E-state index < -0.39 is 0 Å². The molecule has 2 heterocycles. The molecule has 1 aromatic rings. The van der Waals surface area contributed by atoms with E-state index in [0.29, 0.717) is 5.84 Å². The van der Waals surface area contributed by atoms with Crippen LogP contribution in [0.3, 0.4) is 0 Å². The molecule has 92 valence electrons. The molecule has 0 amide bonds. The molecular formula is C12H18N4O. The Morgan fingerprint density at radius 1 is 1.53 bits per heavy atom. The third-order valence-electron chi connectivity index (χ3n) is 3.26. The Kier molecular flexibility index (Phi) is 3.93. The van der Waals surface area contributed by atoms with Crippen molar-refractivity contribution < 1.29 is 5.21 Å². The van der Waals surface area contributed by atoms with Gasteiger partial charge in [0.25, 0.3) is 0 Å². The van der Waals surface area contributed by atoms with Crippen LogP contribution in [0.2, 0.25) is 0 Å². The minimum absolute atomic E-state index is 0.0989. The Morgan fingerprint density at radius 3 is 3.00 bits per heavy atom. The fraction of sp³-hybridized carbons (Fsp3) is 0.500. The third-order valence-corrected chi connectivity index (χ3v) is 3.26. The van der Waals surface area contributed by atoms with Crippen molar-refractivity contribution in [1.29, 1.82) is 0 Å². The third kappa shape index (κ3) is 2.94. The first-order chi connectivity index (χ1) is 8.31. The van der Waals surface area contributed by atoms with Gasteiger partial charge in [0, 0.05) is 18.9 Å². The van der Waals surface area contributed by atoms with Gasteiger partial charge in [-0.25, -0.2) is 0 Å². The molecule has 1 atom stereocenters. The lowest BCUT2D eigenvalue weighted by Crippen LogP contribution is -2.41. The molecule has 1 aliphatic heterocycles. The molecule has 1 unspecified atom stereocenters. The van der Waals surface area contributed by atoms with Crippen LogP contribution in [0.1, 0.15) is 18.4 Å². The van der Waals surface area contributed by atoms with Gasteiger partial charge in [0.15, 0.2) is 5.84 Å². The quantitative estimate of drug-likeness (QED) is 0.350. The standard InChI is InChI=1S/C12H18N4O/c13-12(15-17)11-2-1-8-16(11)9-5-10-3-6-14-7-4-10/h3-4,6-7,11,17H,1-2,5,8-9H2,(H2,13,15). The summed E-state index contributed by atoms with van der Waals surface area (Å²) in [6.45, 7) is 1.96. The fourth-order valence-corrected chi connectivity index (χ4v) is 2.32. The fourth-order valence-electron chi connectivity index (χ4n) is 2.32. The molecule has 5 nitrogen and oxygen atoms in total. The summed E-state index contributed by atoms with van der Waals surface area (Å²) in [7, 11) is 0. The van der Waals surface area contributed by atoms with E-state index in [1.807, 2.05) is 12.1 Å². The average Bonchev–Trinajstić information content (AvgIpc) is 2.85. The van der Waals surface area contributed by atoms with Crippen molar-refractivity contribution in [3.8, 4) is 0 Å². The maximum Gasteiger partial charge on any atom is 0.156 e. The summed E-state index contributed by atoms with van der Waals surface area (Å²) in [5.74, 6) is 0.331. The van der Waals surface area contributed by atoms with Gasteiger partial charge >= 0.3 is 0 Å². The minimum atomic E-state index is 0.0989. The molecule has 0 saturated carbocycles. The summed E-state index contributed by atoms with van der Waals surface area (Å²) in [6, 6.07) is 4.14. The monoisotopic (exact) mass is 234 g/mol. The van der Waals surface area contributed by atoms with Crippen molar-refractivity contribution in [1.82, 2.24) is 9.88 Å². The average molecular weight is 234 g/mol. The highest BCUT2D eigenvalue weighted by Crippen LogP contribution is 2.17. The normalized spacial score (nSPS) is 21.9. The van der Waals surface area contributed by atoms with E-state index in [1.54, 1.807) is 12.4 Å². The molecule has 1 saturated heterocycles. The van der Waals surface area contributed by atoms with Crippen molar-refractivity contribution in [3.63, 3.8) is 0 Å². The molecule has 0 spiro atoms. The first-order valence-corrected chi connectivity index (χ1v) is 5.91. The van der Waals surface area contributed by atoms with Crippen LogP contribution < -0.4 is 5.73 Å². The summed E-state index contributed by atoms with van der Waals surface area (Å²) >= 11 is 0. The molecule has 1 fully saturated rings. The smallest absolute Gasteiger partial charge is 0.156 e. The molecular weight excluding hydrogens is 216 g/mol. The number of nitrogens with zero attached hydrogens (tertiary/aromatic N) is 3. The number of rotatable bonds is 4. The van der Waals surface area contributed by atoms with Crippen molar-refractivity contribution >= 4 is 5.84 Å². The van der Waals surface area contributed by atoms with Gasteiger partial charge in [0.2, 0.25) is 0 Å². The predicted octanol–water partition coefficient (Wildman–Crippen LogP) is 0.835. The molecule has 1 aromatic heterocycles. The second kappa shape index (κ2) is 5.63. The summed E-state index contributed by atoms with van der Waals surface area (Å²) in [5.41, 5.74) is 6.95. The Bertz CT molecular complexity index is 379. The number of hydrogen-bond donors (Lipinski definition) is 2. The van der Waals surface area contributed by atoms with Gasteiger partial charge < -0.3 is 10.9 Å². The van der Waals surface area contributed by atoms with Gasteiger partial charge in [-0.1, -0.05) is 5.16 Å². The van der Waals surface area contributed by atoms with E-state index >= 15 is 0 Å². The molecule has 1 aliphatic rings. The Balaban J connectivity index is 1.90. The van der Waals surface area contributed by atoms with Crippen LogP contribution in [0.25, 0.3) is 0 Å². The molecule has 0 bridgehead atoms. The number of likely N-dealkylation sites (tertiary alicyclic amines) is 1. The van der Waals surface area contributed by atoms with Crippen molar-refractivity contribution in [2.24, 2.45) is 10.9 Å². The zero-order valence-electron chi connectivity index (χ0n) is 9.79.